The summed E-state index contributed by atoms with van der Waals surface area (Å²) in [5.74, 6) is 2.21. The second kappa shape index (κ2) is 9.94. The molecule has 1 amide bonds. The highest BCUT2D eigenvalue weighted by Gasteiger charge is 2.34. The van der Waals surface area contributed by atoms with Gasteiger partial charge in [0.25, 0.3) is 0 Å². The van der Waals surface area contributed by atoms with Crippen LogP contribution in [0.2, 0.25) is 0 Å². The third-order valence-electron chi connectivity index (χ3n) is 7.44. The summed E-state index contributed by atoms with van der Waals surface area (Å²) >= 11 is 0. The van der Waals surface area contributed by atoms with E-state index in [1.54, 1.807) is 13.3 Å². The number of aromatic nitrogens is 4. The molecule has 0 radical (unpaired) electrons. The summed E-state index contributed by atoms with van der Waals surface area (Å²) in [7, 11) is 1.64. The number of benzene rings is 1. The Morgan fingerprint density at radius 2 is 1.86 bits per heavy atom. The van der Waals surface area contributed by atoms with E-state index in [4.69, 9.17) is 9.72 Å². The van der Waals surface area contributed by atoms with Crippen LogP contribution in [0.3, 0.4) is 0 Å². The van der Waals surface area contributed by atoms with E-state index in [0.717, 1.165) is 84.8 Å². The maximum absolute atomic E-state index is 12.3. The molecule has 1 saturated carbocycles. The number of aromatic amines is 1. The number of fused-ring (bicyclic) bond motifs is 1. The Bertz CT molecular complexity index is 1440. The van der Waals surface area contributed by atoms with Crippen LogP contribution in [0.25, 0.3) is 22.2 Å². The predicted octanol–water partition coefficient (Wildman–Crippen LogP) is 3.98. The van der Waals surface area contributed by atoms with E-state index in [1.807, 2.05) is 24.1 Å². The highest BCUT2D eigenvalue weighted by molar-refractivity contribution is 5.83. The number of methoxy groups -OCH3 is 1. The second-order valence-corrected chi connectivity index (χ2v) is 10.1. The Hall–Kier alpha value is -3.78. The fraction of sp³-hybridized carbons (Fsp3) is 0.379. The standard InChI is InChI=1S/C29H32N6O2/c1-19-24(8-10-31-28(19)37-2)22-5-6-25-26(16-22)33-27(32-25)17-23-15-20(7-9-30-23)18-34-11-13-35(14-12-34)29(36)21-3-4-21/h5-10,15-16,21H,3-4,11-14,17-18H2,1-2H3,(H,32,33). The first kappa shape index (κ1) is 23.6. The summed E-state index contributed by atoms with van der Waals surface area (Å²) in [6.07, 6.45) is 6.45. The van der Waals surface area contributed by atoms with Crippen molar-refractivity contribution in [3.63, 3.8) is 0 Å². The van der Waals surface area contributed by atoms with E-state index in [0.29, 0.717) is 24.1 Å². The molecule has 3 aromatic heterocycles. The first-order valence-corrected chi connectivity index (χ1v) is 13.0. The number of hydrogen-bond donors (Lipinski definition) is 1. The Morgan fingerprint density at radius 1 is 1.05 bits per heavy atom. The van der Waals surface area contributed by atoms with E-state index in [1.165, 1.54) is 5.56 Å². The van der Waals surface area contributed by atoms with Crippen molar-refractivity contribution in [2.24, 2.45) is 5.92 Å². The number of nitrogens with one attached hydrogen (secondary N) is 1. The molecule has 2 fully saturated rings. The van der Waals surface area contributed by atoms with Crippen LogP contribution < -0.4 is 4.74 Å². The Balaban J connectivity index is 1.13. The SMILES string of the molecule is COc1nccc(-c2ccc3nc(Cc4cc(CN5CCN(C(=O)C6CC6)CC5)ccn4)[nH]c3c2)c1C. The van der Waals surface area contributed by atoms with Crippen molar-refractivity contribution in [1.29, 1.82) is 0 Å². The number of H-pyrrole nitrogens is 1. The summed E-state index contributed by atoms with van der Waals surface area (Å²) in [4.78, 5) is 34.0. The smallest absolute Gasteiger partial charge is 0.225 e. The number of nitrogens with zero attached hydrogens (tertiary/aromatic N) is 5. The monoisotopic (exact) mass is 496 g/mol. The molecule has 0 unspecified atom stereocenters. The van der Waals surface area contributed by atoms with Gasteiger partial charge in [0, 0.05) is 68.7 Å². The molecule has 2 aliphatic rings. The molecule has 4 heterocycles. The van der Waals surface area contributed by atoms with E-state index >= 15 is 0 Å². The Morgan fingerprint density at radius 3 is 2.65 bits per heavy atom. The maximum atomic E-state index is 12.3. The van der Waals surface area contributed by atoms with Gasteiger partial charge in [0.05, 0.1) is 18.1 Å². The van der Waals surface area contributed by atoms with Crippen molar-refractivity contribution in [2.75, 3.05) is 33.3 Å². The van der Waals surface area contributed by atoms with Gasteiger partial charge in [-0.15, -0.1) is 0 Å². The molecule has 4 aromatic rings. The molecule has 8 heteroatoms. The van der Waals surface area contributed by atoms with Gasteiger partial charge < -0.3 is 14.6 Å². The largest absolute Gasteiger partial charge is 0.481 e. The number of rotatable bonds is 7. The lowest BCUT2D eigenvalue weighted by Gasteiger charge is -2.35. The summed E-state index contributed by atoms with van der Waals surface area (Å²) in [6.45, 7) is 6.41. The zero-order valence-corrected chi connectivity index (χ0v) is 21.4. The van der Waals surface area contributed by atoms with Gasteiger partial charge in [-0.2, -0.15) is 0 Å². The summed E-state index contributed by atoms with van der Waals surface area (Å²) in [5.41, 5.74) is 7.38. The zero-order chi connectivity index (χ0) is 25.4. The lowest BCUT2D eigenvalue weighted by molar-refractivity contribution is -0.134. The van der Waals surface area contributed by atoms with Gasteiger partial charge in [-0.25, -0.2) is 9.97 Å². The van der Waals surface area contributed by atoms with Crippen LogP contribution in [-0.2, 0) is 17.8 Å². The topological polar surface area (TPSA) is 87.2 Å². The van der Waals surface area contributed by atoms with Gasteiger partial charge in [0.1, 0.15) is 5.82 Å². The van der Waals surface area contributed by atoms with Crippen LogP contribution in [0.4, 0.5) is 0 Å². The summed E-state index contributed by atoms with van der Waals surface area (Å²) < 4.78 is 5.39. The zero-order valence-electron chi connectivity index (χ0n) is 21.4. The average Bonchev–Trinajstić information content (AvgIpc) is 3.69. The lowest BCUT2D eigenvalue weighted by atomic mass is 10.0. The molecule has 1 saturated heterocycles. The van der Waals surface area contributed by atoms with Crippen LogP contribution in [0, 0.1) is 12.8 Å². The minimum absolute atomic E-state index is 0.308. The third-order valence-corrected chi connectivity index (χ3v) is 7.44. The van der Waals surface area contributed by atoms with Crippen LogP contribution in [0.1, 0.15) is 35.5 Å². The van der Waals surface area contributed by atoms with Crippen molar-refractivity contribution in [1.82, 2.24) is 29.7 Å². The fourth-order valence-electron chi connectivity index (χ4n) is 5.22. The molecule has 8 nitrogen and oxygen atoms in total. The van der Waals surface area contributed by atoms with Crippen LogP contribution in [-0.4, -0.2) is 68.9 Å². The Kier molecular flexibility index (Phi) is 6.34. The van der Waals surface area contributed by atoms with Crippen molar-refractivity contribution < 1.29 is 9.53 Å². The minimum Gasteiger partial charge on any atom is -0.481 e. The van der Waals surface area contributed by atoms with Gasteiger partial charge >= 0.3 is 0 Å². The fourth-order valence-corrected chi connectivity index (χ4v) is 5.22. The predicted molar refractivity (Wildman–Crippen MR) is 142 cm³/mol. The summed E-state index contributed by atoms with van der Waals surface area (Å²) in [5, 5.41) is 0. The first-order chi connectivity index (χ1) is 18.1. The number of amides is 1. The van der Waals surface area contributed by atoms with Gasteiger partial charge in [0.15, 0.2) is 0 Å². The average molecular weight is 497 g/mol. The molecule has 1 aliphatic heterocycles. The van der Waals surface area contributed by atoms with Gasteiger partial charge in [-0.1, -0.05) is 6.07 Å². The molecule has 0 spiro atoms. The molecule has 190 valence electrons. The van der Waals surface area contributed by atoms with Crippen LogP contribution in [0.15, 0.2) is 48.8 Å². The van der Waals surface area contributed by atoms with Gasteiger partial charge in [0.2, 0.25) is 11.8 Å². The van der Waals surface area contributed by atoms with E-state index in [2.05, 4.69) is 50.2 Å². The number of pyridine rings is 2. The molecule has 1 aromatic carbocycles. The van der Waals surface area contributed by atoms with Crippen molar-refractivity contribution in [3.05, 3.63) is 71.4 Å². The van der Waals surface area contributed by atoms with Crippen molar-refractivity contribution in [2.45, 2.75) is 32.7 Å². The molecule has 1 N–H and O–H groups in total. The number of carbonyl (C=O) groups excluding carboxylic acids is 1. The number of hydrogen-bond acceptors (Lipinski definition) is 6. The van der Waals surface area contributed by atoms with E-state index in [-0.39, 0.29) is 0 Å². The highest BCUT2D eigenvalue weighted by atomic mass is 16.5. The summed E-state index contributed by atoms with van der Waals surface area (Å²) in [6, 6.07) is 12.5. The third kappa shape index (κ3) is 5.06. The molecular weight excluding hydrogens is 464 g/mol. The van der Waals surface area contributed by atoms with Crippen molar-refractivity contribution in [3.8, 4) is 17.0 Å². The minimum atomic E-state index is 0.308. The molecule has 37 heavy (non-hydrogen) atoms. The second-order valence-electron chi connectivity index (χ2n) is 10.1. The Labute approximate surface area is 216 Å². The maximum Gasteiger partial charge on any atom is 0.225 e. The highest BCUT2D eigenvalue weighted by Crippen LogP contribution is 2.32. The van der Waals surface area contributed by atoms with Gasteiger partial charge in [-0.3, -0.25) is 14.7 Å². The quantitative estimate of drug-likeness (QED) is 0.417. The molecule has 6 rings (SSSR count). The van der Waals surface area contributed by atoms with Crippen molar-refractivity contribution >= 4 is 16.9 Å². The molecular formula is C29H32N6O2. The number of carbonyl (C=O) groups is 1. The molecule has 0 atom stereocenters. The normalized spacial score (nSPS) is 16.3. The van der Waals surface area contributed by atoms with E-state index < -0.39 is 0 Å². The van der Waals surface area contributed by atoms with Crippen LogP contribution in [0.5, 0.6) is 5.88 Å². The van der Waals surface area contributed by atoms with Gasteiger partial charge in [-0.05, 0) is 66.8 Å². The number of piperazine rings is 1. The molecule has 1 aliphatic carbocycles. The van der Waals surface area contributed by atoms with E-state index in [9.17, 15) is 4.79 Å². The number of imidazole rings is 1. The lowest BCUT2D eigenvalue weighted by Crippen LogP contribution is -2.48. The van der Waals surface area contributed by atoms with Crippen LogP contribution >= 0.6 is 0 Å². The molecule has 0 bridgehead atoms. The number of ether oxygens (including phenoxy) is 1. The first-order valence-electron chi connectivity index (χ1n) is 13.0.